The first-order valence-corrected chi connectivity index (χ1v) is 23.2. The van der Waals surface area contributed by atoms with Crippen LogP contribution in [-0.2, 0) is 19.1 Å². The molecule has 2 rings (SSSR count). The third-order valence-electron chi connectivity index (χ3n) is 9.76. The molecule has 61 heavy (non-hydrogen) atoms. The van der Waals surface area contributed by atoms with E-state index >= 15 is 0 Å². The fourth-order valence-electron chi connectivity index (χ4n) is 6.35. The molecule has 0 spiro atoms. The predicted octanol–water partition coefficient (Wildman–Crippen LogP) is 13.8. The summed E-state index contributed by atoms with van der Waals surface area (Å²) in [5, 5.41) is 2.75. The van der Waals surface area contributed by atoms with E-state index in [1.54, 1.807) is 12.3 Å². The van der Waals surface area contributed by atoms with E-state index in [4.69, 9.17) is 9.47 Å². The Hall–Kier alpha value is -4.82. The lowest BCUT2D eigenvalue weighted by Gasteiger charge is -2.16. The van der Waals surface area contributed by atoms with E-state index in [2.05, 4.69) is 146 Å². The van der Waals surface area contributed by atoms with Crippen molar-refractivity contribution >= 4 is 17.7 Å². The van der Waals surface area contributed by atoms with Crippen molar-refractivity contribution in [2.75, 3.05) is 11.9 Å². The lowest BCUT2D eigenvalue weighted by atomic mass is 10.1. The van der Waals surface area contributed by atoms with Gasteiger partial charge in [-0.15, -0.1) is 0 Å². The molecular weight excluding hydrogens is 759 g/mol. The van der Waals surface area contributed by atoms with Gasteiger partial charge in [0, 0.05) is 19.0 Å². The Morgan fingerprint density at radius 1 is 0.623 bits per heavy atom. The summed E-state index contributed by atoms with van der Waals surface area (Å²) in [7, 11) is 0. The van der Waals surface area contributed by atoms with Crippen molar-refractivity contribution in [2.45, 2.75) is 167 Å². The molecule has 1 aromatic heterocycles. The van der Waals surface area contributed by atoms with Crippen LogP contribution in [0.2, 0.25) is 0 Å². The second-order valence-electron chi connectivity index (χ2n) is 15.1. The van der Waals surface area contributed by atoms with Crippen molar-refractivity contribution in [2.24, 2.45) is 0 Å². The SMILES string of the molecule is CC/C=C\C/C=C\C/C=C\C/C=C\C/C=C\CCCCCC(=O)Nc1ccn([C@@H]2CC[C@@H](COC(=O)CCCCC/C=C\C/C=C\C/C=C\C/C=C\C/C=C\CC)O2)c(=O)n1. The van der Waals surface area contributed by atoms with Gasteiger partial charge in [-0.2, -0.15) is 4.98 Å². The zero-order valence-corrected chi connectivity index (χ0v) is 37.6. The summed E-state index contributed by atoms with van der Waals surface area (Å²) < 4.78 is 12.9. The fourth-order valence-corrected chi connectivity index (χ4v) is 6.35. The van der Waals surface area contributed by atoms with E-state index in [9.17, 15) is 14.4 Å². The molecule has 1 aromatic rings. The number of unbranched alkanes of at least 4 members (excludes halogenated alkanes) is 6. The van der Waals surface area contributed by atoms with Crippen LogP contribution in [0.15, 0.2) is 139 Å². The topological polar surface area (TPSA) is 99.5 Å². The van der Waals surface area contributed by atoms with Gasteiger partial charge in [-0.05, 0) is 122 Å². The van der Waals surface area contributed by atoms with Gasteiger partial charge in [0.05, 0.1) is 6.10 Å². The Labute approximate surface area is 368 Å². The van der Waals surface area contributed by atoms with Crippen molar-refractivity contribution < 1.29 is 19.1 Å². The summed E-state index contributed by atoms with van der Waals surface area (Å²) in [6, 6.07) is 1.62. The minimum absolute atomic E-state index is 0.149. The second kappa shape index (κ2) is 38.1. The zero-order valence-electron chi connectivity index (χ0n) is 37.6. The highest BCUT2D eigenvalue weighted by Gasteiger charge is 2.28. The number of allylic oxidation sites excluding steroid dienone is 20. The van der Waals surface area contributed by atoms with Crippen molar-refractivity contribution in [3.63, 3.8) is 0 Å². The molecule has 2 atom stereocenters. The molecule has 0 radical (unpaired) electrons. The van der Waals surface area contributed by atoms with Gasteiger partial charge in [0.15, 0.2) is 0 Å². The van der Waals surface area contributed by atoms with E-state index in [0.29, 0.717) is 25.7 Å². The third-order valence-corrected chi connectivity index (χ3v) is 9.76. The van der Waals surface area contributed by atoms with Crippen LogP contribution in [-0.4, -0.2) is 34.1 Å². The maximum atomic E-state index is 12.8. The first kappa shape index (κ1) is 52.3. The Balaban J connectivity index is 1.48. The quantitative estimate of drug-likeness (QED) is 0.0422. The average molecular weight is 836 g/mol. The van der Waals surface area contributed by atoms with Crippen LogP contribution in [0.25, 0.3) is 0 Å². The van der Waals surface area contributed by atoms with Gasteiger partial charge >= 0.3 is 11.7 Å². The Morgan fingerprint density at radius 2 is 1.07 bits per heavy atom. The van der Waals surface area contributed by atoms with Gasteiger partial charge in [0.2, 0.25) is 5.91 Å². The number of ether oxygens (including phenoxy) is 2. The van der Waals surface area contributed by atoms with E-state index in [-0.39, 0.29) is 30.4 Å². The Kier molecular flexibility index (Phi) is 32.7. The van der Waals surface area contributed by atoms with Crippen LogP contribution < -0.4 is 11.0 Å². The van der Waals surface area contributed by atoms with Crippen molar-refractivity contribution in [3.8, 4) is 0 Å². The maximum absolute atomic E-state index is 12.8. The number of rotatable bonds is 34. The normalized spacial score (nSPS) is 16.4. The monoisotopic (exact) mass is 836 g/mol. The zero-order chi connectivity index (χ0) is 43.7. The van der Waals surface area contributed by atoms with Gasteiger partial charge in [-0.25, -0.2) is 4.79 Å². The van der Waals surface area contributed by atoms with Gasteiger partial charge in [-0.1, -0.05) is 148 Å². The summed E-state index contributed by atoms with van der Waals surface area (Å²) in [4.78, 5) is 41.6. The molecule has 0 bridgehead atoms. The molecule has 0 aromatic carbocycles. The van der Waals surface area contributed by atoms with Crippen LogP contribution >= 0.6 is 0 Å². The summed E-state index contributed by atoms with van der Waals surface area (Å²) >= 11 is 0. The summed E-state index contributed by atoms with van der Waals surface area (Å²) in [5.74, 6) is -0.124. The highest BCUT2D eigenvalue weighted by atomic mass is 16.6. The summed E-state index contributed by atoms with van der Waals surface area (Å²) in [6.07, 6.45) is 64.5. The third kappa shape index (κ3) is 30.0. The van der Waals surface area contributed by atoms with Crippen LogP contribution in [0.4, 0.5) is 5.82 Å². The summed E-state index contributed by atoms with van der Waals surface area (Å²) in [6.45, 7) is 4.47. The van der Waals surface area contributed by atoms with Crippen molar-refractivity contribution in [1.29, 1.82) is 0 Å². The molecule has 1 saturated heterocycles. The van der Waals surface area contributed by atoms with E-state index < -0.39 is 11.9 Å². The van der Waals surface area contributed by atoms with Crippen LogP contribution in [0.1, 0.15) is 161 Å². The lowest BCUT2D eigenvalue weighted by Crippen LogP contribution is -2.29. The number of amides is 1. The molecule has 8 nitrogen and oxygen atoms in total. The van der Waals surface area contributed by atoms with Crippen molar-refractivity contribution in [3.05, 3.63) is 144 Å². The molecule has 1 amide bonds. The number of nitrogens with one attached hydrogen (secondary N) is 1. The molecule has 8 heteroatoms. The molecule has 1 N–H and O–H groups in total. The molecule has 0 aliphatic carbocycles. The first-order chi connectivity index (χ1) is 30.0. The minimum Gasteiger partial charge on any atom is -0.463 e. The number of carbonyl (C=O) groups excluding carboxylic acids is 2. The van der Waals surface area contributed by atoms with E-state index in [0.717, 1.165) is 116 Å². The van der Waals surface area contributed by atoms with Gasteiger partial charge in [0.25, 0.3) is 0 Å². The highest BCUT2D eigenvalue weighted by molar-refractivity contribution is 5.89. The molecule has 1 fully saturated rings. The predicted molar refractivity (Wildman–Crippen MR) is 256 cm³/mol. The Bertz CT molecular complexity index is 1670. The number of nitrogens with zero attached hydrogens (tertiary/aromatic N) is 2. The maximum Gasteiger partial charge on any atom is 0.351 e. The number of hydrogen-bond acceptors (Lipinski definition) is 6. The number of esters is 1. The molecule has 2 heterocycles. The molecule has 334 valence electrons. The number of aromatic nitrogens is 2. The van der Waals surface area contributed by atoms with E-state index in [1.807, 2.05) is 0 Å². The molecule has 1 aliphatic heterocycles. The van der Waals surface area contributed by atoms with Gasteiger partial charge in [-0.3, -0.25) is 14.2 Å². The number of carbonyl (C=O) groups is 2. The molecule has 1 aliphatic rings. The average Bonchev–Trinajstić information content (AvgIpc) is 3.73. The summed E-state index contributed by atoms with van der Waals surface area (Å²) in [5.41, 5.74) is -0.484. The van der Waals surface area contributed by atoms with Gasteiger partial charge in [0.1, 0.15) is 18.7 Å². The van der Waals surface area contributed by atoms with Crippen LogP contribution in [0.5, 0.6) is 0 Å². The molecule has 0 unspecified atom stereocenters. The highest BCUT2D eigenvalue weighted by Crippen LogP contribution is 2.27. The first-order valence-electron chi connectivity index (χ1n) is 23.2. The fraction of sp³-hybridized carbons (Fsp3) is 0.509. The minimum atomic E-state index is -0.484. The Morgan fingerprint density at radius 3 is 1.52 bits per heavy atom. The number of anilines is 1. The van der Waals surface area contributed by atoms with Crippen LogP contribution in [0.3, 0.4) is 0 Å². The van der Waals surface area contributed by atoms with Crippen molar-refractivity contribution in [1.82, 2.24) is 9.55 Å². The second-order valence-corrected chi connectivity index (χ2v) is 15.1. The largest absolute Gasteiger partial charge is 0.463 e. The lowest BCUT2D eigenvalue weighted by molar-refractivity contribution is -0.148. The van der Waals surface area contributed by atoms with Gasteiger partial charge < -0.3 is 14.8 Å². The smallest absolute Gasteiger partial charge is 0.351 e. The standard InChI is InChI=1S/C53H77N3O5/c1-3-5-7-9-11-13-15-17-19-21-23-25-27-29-31-33-35-37-39-41-50(57)54-49-45-46-56(53(59)55-49)51-44-43-48(61-51)47-60-52(58)42-40-38-36-34-32-30-28-26-24-22-20-18-16-14-12-10-8-6-4-2/h5-8,11-14,17-20,23-26,29-32,45-46,48,51H,3-4,9-10,15-16,21-22,27-28,33-44,47H2,1-2H3,(H,54,55,57,59)/b7-5-,8-6-,13-11-,14-12-,19-17-,20-18-,25-23-,26-24-,31-29-,32-30-/t48-,51-/m0/s1. The molecule has 0 saturated carbocycles. The van der Waals surface area contributed by atoms with E-state index in [1.165, 1.54) is 4.57 Å². The molecular formula is C53H77N3O5. The van der Waals surface area contributed by atoms with Crippen LogP contribution in [0, 0.1) is 0 Å². The number of hydrogen-bond donors (Lipinski definition) is 1.